The Bertz CT molecular complexity index is 474. The maximum absolute atomic E-state index is 11.7. The van der Waals surface area contributed by atoms with Gasteiger partial charge >= 0.3 is 11.9 Å². The highest BCUT2D eigenvalue weighted by Crippen LogP contribution is 2.35. The maximum Gasteiger partial charge on any atom is 0.336 e. The fraction of sp³-hybridized carbons (Fsp3) is 0.909. The van der Waals surface area contributed by atoms with Crippen LogP contribution in [0.3, 0.4) is 0 Å². The van der Waals surface area contributed by atoms with Crippen molar-refractivity contribution in [1.29, 1.82) is 0 Å². The van der Waals surface area contributed by atoms with E-state index in [0.717, 1.165) is 12.8 Å². The lowest BCUT2D eigenvalue weighted by atomic mass is 9.76. The van der Waals surface area contributed by atoms with Crippen molar-refractivity contribution < 1.29 is 29.3 Å². The van der Waals surface area contributed by atoms with E-state index in [0.29, 0.717) is 0 Å². The number of ether oxygens (including phenoxy) is 2. The molecule has 0 aliphatic heterocycles. The first kappa shape index (κ1) is 26.9. The van der Waals surface area contributed by atoms with E-state index in [1.165, 1.54) is 0 Å². The third-order valence-electron chi connectivity index (χ3n) is 4.09. The maximum atomic E-state index is 11.7. The molecule has 2 atom stereocenters. The summed E-state index contributed by atoms with van der Waals surface area (Å²) in [5.74, 6) is -2.65. The van der Waals surface area contributed by atoms with Gasteiger partial charge in [0.1, 0.15) is 0 Å². The first-order chi connectivity index (χ1) is 12.2. The van der Waals surface area contributed by atoms with Crippen molar-refractivity contribution in [2.75, 3.05) is 13.2 Å². The second-order valence-corrected chi connectivity index (χ2v) is 11.9. The summed E-state index contributed by atoms with van der Waals surface area (Å²) in [6, 6.07) is 0. The summed E-state index contributed by atoms with van der Waals surface area (Å²) >= 11 is 0. The van der Waals surface area contributed by atoms with Crippen molar-refractivity contribution >= 4 is 11.9 Å². The summed E-state index contributed by atoms with van der Waals surface area (Å²) in [6.45, 7) is 20.8. The van der Waals surface area contributed by atoms with E-state index in [2.05, 4.69) is 41.5 Å². The molecule has 0 bridgehead atoms. The average molecular weight is 403 g/mol. The van der Waals surface area contributed by atoms with Gasteiger partial charge in [-0.25, -0.2) is 9.59 Å². The Hall–Kier alpha value is -1.14. The van der Waals surface area contributed by atoms with Gasteiger partial charge in [-0.3, -0.25) is 0 Å². The predicted molar refractivity (Wildman–Crippen MR) is 110 cm³/mol. The Morgan fingerprint density at radius 2 is 0.893 bits per heavy atom. The van der Waals surface area contributed by atoms with Gasteiger partial charge in [0.05, 0.1) is 13.2 Å². The van der Waals surface area contributed by atoms with Crippen LogP contribution >= 0.6 is 0 Å². The van der Waals surface area contributed by atoms with Crippen molar-refractivity contribution in [3.63, 3.8) is 0 Å². The molecule has 0 fully saturated rings. The quantitative estimate of drug-likeness (QED) is 0.513. The molecular formula is C22H42O6. The number of hydrogen-bond donors (Lipinski definition) is 2. The van der Waals surface area contributed by atoms with Crippen LogP contribution < -0.4 is 0 Å². The molecule has 28 heavy (non-hydrogen) atoms. The molecule has 0 aromatic heterocycles. The summed E-state index contributed by atoms with van der Waals surface area (Å²) in [6.07, 6.45) is -1.49. The van der Waals surface area contributed by atoms with Gasteiger partial charge in [-0.15, -0.1) is 0 Å². The van der Waals surface area contributed by atoms with E-state index in [-0.39, 0.29) is 34.9 Å². The zero-order chi connectivity index (χ0) is 22.6. The van der Waals surface area contributed by atoms with Crippen LogP contribution in [0.15, 0.2) is 0 Å². The lowest BCUT2D eigenvalue weighted by Crippen LogP contribution is -2.46. The number of rotatable bonds is 11. The molecule has 0 spiro atoms. The summed E-state index contributed by atoms with van der Waals surface area (Å²) in [5, 5.41) is 19.1. The highest BCUT2D eigenvalue weighted by atomic mass is 16.6. The second kappa shape index (κ2) is 9.57. The Balaban J connectivity index is 5.20. The average Bonchev–Trinajstić information content (AvgIpc) is 2.35. The van der Waals surface area contributed by atoms with E-state index in [1.807, 2.05) is 27.7 Å². The first-order valence-electron chi connectivity index (χ1n) is 9.94. The van der Waals surface area contributed by atoms with E-state index < -0.39 is 24.1 Å². The zero-order valence-electron chi connectivity index (χ0n) is 19.5. The minimum atomic E-state index is -1.55. The predicted octanol–water partition coefficient (Wildman–Crippen LogP) is 4.85. The lowest BCUT2D eigenvalue weighted by Gasteiger charge is -2.35. The van der Waals surface area contributed by atoms with Gasteiger partial charge in [-0.2, -0.15) is 0 Å². The highest BCUT2D eigenvalue weighted by molar-refractivity contribution is 5.83. The number of carboxylic acid groups (broad SMARTS) is 2. The molecule has 0 aromatic carbocycles. The smallest absolute Gasteiger partial charge is 0.336 e. The van der Waals surface area contributed by atoms with Crippen molar-refractivity contribution in [1.82, 2.24) is 0 Å². The molecule has 0 saturated carbocycles. The fourth-order valence-electron chi connectivity index (χ4n) is 4.18. The molecule has 6 nitrogen and oxygen atoms in total. The molecule has 2 N–H and O–H groups in total. The topological polar surface area (TPSA) is 93.1 Å². The normalized spacial score (nSPS) is 15.9. The summed E-state index contributed by atoms with van der Waals surface area (Å²) in [5.41, 5.74) is -0.489. The fourth-order valence-corrected chi connectivity index (χ4v) is 4.18. The molecule has 6 heteroatoms. The van der Waals surface area contributed by atoms with Gasteiger partial charge in [0.15, 0.2) is 12.2 Å². The summed E-state index contributed by atoms with van der Waals surface area (Å²) < 4.78 is 11.2. The summed E-state index contributed by atoms with van der Waals surface area (Å²) in [4.78, 5) is 23.5. The minimum absolute atomic E-state index is 0.0469. The Kier molecular flexibility index (Phi) is 9.18. The molecule has 0 aliphatic carbocycles. The van der Waals surface area contributed by atoms with Crippen LogP contribution in [-0.2, 0) is 19.1 Å². The minimum Gasteiger partial charge on any atom is -0.479 e. The van der Waals surface area contributed by atoms with E-state index in [1.54, 1.807) is 0 Å². The molecule has 0 unspecified atom stereocenters. The number of carboxylic acids is 2. The lowest BCUT2D eigenvalue weighted by molar-refractivity contribution is -0.183. The van der Waals surface area contributed by atoms with Crippen LogP contribution in [0.2, 0.25) is 0 Å². The molecule has 0 amide bonds. The first-order valence-corrected chi connectivity index (χ1v) is 9.94. The largest absolute Gasteiger partial charge is 0.479 e. The molecule has 0 aromatic rings. The van der Waals surface area contributed by atoms with Gasteiger partial charge in [0.25, 0.3) is 0 Å². The third-order valence-corrected chi connectivity index (χ3v) is 4.09. The molecule has 0 saturated heterocycles. The zero-order valence-corrected chi connectivity index (χ0v) is 19.5. The second-order valence-electron chi connectivity index (χ2n) is 11.9. The van der Waals surface area contributed by atoms with Crippen LogP contribution in [0.25, 0.3) is 0 Å². The van der Waals surface area contributed by atoms with Gasteiger partial charge in [-0.05, 0) is 34.5 Å². The van der Waals surface area contributed by atoms with Crippen LogP contribution in [0.1, 0.15) is 82.1 Å². The van der Waals surface area contributed by atoms with Gasteiger partial charge < -0.3 is 19.7 Å². The third kappa shape index (κ3) is 11.6. The number of hydrogen-bond acceptors (Lipinski definition) is 4. The number of aliphatic carboxylic acids is 2. The van der Waals surface area contributed by atoms with E-state index in [9.17, 15) is 19.8 Å². The van der Waals surface area contributed by atoms with Crippen LogP contribution in [0.5, 0.6) is 0 Å². The number of carbonyl (C=O) groups is 2. The Morgan fingerprint density at radius 3 is 1.07 bits per heavy atom. The Labute approximate surface area is 171 Å². The van der Waals surface area contributed by atoms with Crippen LogP contribution in [0, 0.1) is 21.7 Å². The van der Waals surface area contributed by atoms with E-state index in [4.69, 9.17) is 9.47 Å². The molecule has 0 radical (unpaired) electrons. The van der Waals surface area contributed by atoms with Gasteiger partial charge in [-0.1, -0.05) is 69.2 Å². The molecule has 0 rings (SSSR count). The van der Waals surface area contributed by atoms with Gasteiger partial charge in [0, 0.05) is 0 Å². The van der Waals surface area contributed by atoms with Crippen molar-refractivity contribution in [3.8, 4) is 0 Å². The van der Waals surface area contributed by atoms with Gasteiger partial charge in [0.2, 0.25) is 0 Å². The molecule has 0 heterocycles. The SMILES string of the molecule is CC(C)(C)CC(C)(C)CO[C@@H](C(=O)O)[C@@H](OCC(C)(C)CC(C)(C)C)C(=O)O. The molecule has 166 valence electrons. The summed E-state index contributed by atoms with van der Waals surface area (Å²) in [7, 11) is 0. The highest BCUT2D eigenvalue weighted by Gasteiger charge is 2.39. The van der Waals surface area contributed by atoms with Crippen molar-refractivity contribution in [3.05, 3.63) is 0 Å². The van der Waals surface area contributed by atoms with E-state index >= 15 is 0 Å². The van der Waals surface area contributed by atoms with Crippen molar-refractivity contribution in [2.45, 2.75) is 94.3 Å². The molecule has 0 aliphatic rings. The molecular weight excluding hydrogens is 360 g/mol. The Morgan fingerprint density at radius 1 is 0.643 bits per heavy atom. The van der Waals surface area contributed by atoms with Crippen LogP contribution in [-0.4, -0.2) is 47.6 Å². The van der Waals surface area contributed by atoms with Crippen LogP contribution in [0.4, 0.5) is 0 Å². The monoisotopic (exact) mass is 402 g/mol. The standard InChI is InChI=1S/C22H42O6/c1-19(2,3)11-21(7,8)13-27-15(17(23)24)16(18(25)26)28-14-22(9,10)12-20(4,5)6/h15-16H,11-14H2,1-10H3,(H,23,24)(H,25,26)/t15-,16-/m1/s1. The van der Waals surface area contributed by atoms with Crippen molar-refractivity contribution in [2.24, 2.45) is 21.7 Å².